The average molecular weight is 395 g/mol. The SMILES string of the molecule is CC(=O)[C@]12CC(C)=C(C)C[C@@H]1C[C@H]1[C@@H]3CCC4=CC(=O)CC[C@]4(C)[C@H]3CC[C@@]12C. The summed E-state index contributed by atoms with van der Waals surface area (Å²) in [7, 11) is 0. The van der Waals surface area contributed by atoms with Crippen LogP contribution >= 0.6 is 0 Å². The van der Waals surface area contributed by atoms with Gasteiger partial charge in [0, 0.05) is 11.8 Å². The van der Waals surface area contributed by atoms with Crippen molar-refractivity contribution in [3.63, 3.8) is 0 Å². The molecule has 0 N–H and O–H groups in total. The number of hydrogen-bond donors (Lipinski definition) is 0. The summed E-state index contributed by atoms with van der Waals surface area (Å²) < 4.78 is 0. The van der Waals surface area contributed by atoms with Gasteiger partial charge in [-0.3, -0.25) is 9.59 Å². The minimum atomic E-state index is -0.133. The molecule has 158 valence electrons. The predicted octanol–water partition coefficient (Wildman–Crippen LogP) is 6.45. The van der Waals surface area contributed by atoms with Gasteiger partial charge in [-0.05, 0) is 113 Å². The highest BCUT2D eigenvalue weighted by Crippen LogP contribution is 2.74. The lowest BCUT2D eigenvalue weighted by Gasteiger charge is -2.60. The number of rotatable bonds is 1. The van der Waals surface area contributed by atoms with Crippen LogP contribution in [0.25, 0.3) is 0 Å². The first kappa shape index (κ1) is 19.8. The van der Waals surface area contributed by atoms with Crippen LogP contribution in [0.5, 0.6) is 0 Å². The first-order chi connectivity index (χ1) is 13.6. The Hall–Kier alpha value is -1.18. The third-order valence-electron chi connectivity index (χ3n) is 11.1. The van der Waals surface area contributed by atoms with Crippen LogP contribution in [0.2, 0.25) is 0 Å². The standard InChI is InChI=1S/C27H38O2/c1-16-12-20-14-24-22-7-6-19-13-21(29)8-10-25(19,4)23(22)9-11-26(24,5)27(20,18(3)28)15-17(16)2/h13,20,22-24H,6-12,14-15H2,1-5H3/t20-,22-,23+,24+,25+,26+,27-/m1/s1. The summed E-state index contributed by atoms with van der Waals surface area (Å²) >= 11 is 0. The smallest absolute Gasteiger partial charge is 0.155 e. The van der Waals surface area contributed by atoms with Crippen LogP contribution in [0, 0.1) is 39.9 Å². The first-order valence-electron chi connectivity index (χ1n) is 12.0. The van der Waals surface area contributed by atoms with Crippen LogP contribution in [0.15, 0.2) is 22.8 Å². The van der Waals surface area contributed by atoms with Crippen LogP contribution in [0.4, 0.5) is 0 Å². The molecule has 0 spiro atoms. The summed E-state index contributed by atoms with van der Waals surface area (Å²) in [5.41, 5.74) is 4.70. The minimum absolute atomic E-state index is 0.133. The van der Waals surface area contributed by atoms with Crippen LogP contribution in [-0.2, 0) is 9.59 Å². The lowest BCUT2D eigenvalue weighted by atomic mass is 9.43. The van der Waals surface area contributed by atoms with E-state index in [1.807, 2.05) is 13.0 Å². The van der Waals surface area contributed by atoms with Gasteiger partial charge in [0.25, 0.3) is 0 Å². The van der Waals surface area contributed by atoms with Crippen molar-refractivity contribution < 1.29 is 9.59 Å². The molecule has 0 unspecified atom stereocenters. The van der Waals surface area contributed by atoms with Crippen molar-refractivity contribution in [1.29, 1.82) is 0 Å². The maximum Gasteiger partial charge on any atom is 0.155 e. The third kappa shape index (κ3) is 2.35. The number of ketones is 2. The third-order valence-corrected chi connectivity index (χ3v) is 11.1. The molecule has 3 fully saturated rings. The summed E-state index contributed by atoms with van der Waals surface area (Å²) in [5.74, 6) is 3.44. The summed E-state index contributed by atoms with van der Waals surface area (Å²) in [6, 6.07) is 0. The highest BCUT2D eigenvalue weighted by molar-refractivity contribution is 5.91. The molecule has 0 bridgehead atoms. The summed E-state index contributed by atoms with van der Waals surface area (Å²) in [4.78, 5) is 25.4. The largest absolute Gasteiger partial charge is 0.299 e. The van der Waals surface area contributed by atoms with E-state index in [-0.39, 0.29) is 16.2 Å². The van der Waals surface area contributed by atoms with Gasteiger partial charge in [0.05, 0.1) is 0 Å². The Bertz CT molecular complexity index is 847. The van der Waals surface area contributed by atoms with E-state index in [0.717, 1.165) is 38.0 Å². The molecule has 5 rings (SSSR count). The van der Waals surface area contributed by atoms with Crippen LogP contribution in [-0.4, -0.2) is 11.6 Å². The second-order valence-corrected chi connectivity index (χ2v) is 11.8. The van der Waals surface area contributed by atoms with Gasteiger partial charge < -0.3 is 0 Å². The number of hydrogen-bond acceptors (Lipinski definition) is 2. The molecule has 0 aromatic carbocycles. The zero-order chi connectivity index (χ0) is 20.8. The number of carbonyl (C=O) groups excluding carboxylic acids is 2. The molecule has 7 atom stereocenters. The van der Waals surface area contributed by atoms with Gasteiger partial charge in [0.1, 0.15) is 5.78 Å². The maximum atomic E-state index is 13.3. The molecule has 5 aliphatic carbocycles. The van der Waals surface area contributed by atoms with Gasteiger partial charge in [-0.15, -0.1) is 0 Å². The van der Waals surface area contributed by atoms with E-state index < -0.39 is 0 Å². The molecular weight excluding hydrogens is 356 g/mol. The Labute approximate surface area is 176 Å². The fourth-order valence-electron chi connectivity index (χ4n) is 9.37. The van der Waals surface area contributed by atoms with Crippen LogP contribution in [0.1, 0.15) is 92.4 Å². The molecule has 0 radical (unpaired) electrons. The second-order valence-electron chi connectivity index (χ2n) is 11.8. The first-order valence-corrected chi connectivity index (χ1v) is 12.0. The molecule has 29 heavy (non-hydrogen) atoms. The van der Waals surface area contributed by atoms with E-state index in [9.17, 15) is 9.59 Å². The molecule has 0 heterocycles. The quantitative estimate of drug-likeness (QED) is 0.479. The number of fused-ring (bicyclic) bond motifs is 7. The van der Waals surface area contributed by atoms with E-state index >= 15 is 0 Å². The van der Waals surface area contributed by atoms with Gasteiger partial charge >= 0.3 is 0 Å². The lowest BCUT2D eigenvalue weighted by Crippen LogP contribution is -2.55. The Morgan fingerprint density at radius 3 is 2.52 bits per heavy atom. The number of Topliss-reactive ketones (excluding diaryl/α,β-unsaturated/α-hetero) is 1. The monoisotopic (exact) mass is 394 g/mol. The molecule has 0 saturated heterocycles. The Balaban J connectivity index is 1.56. The minimum Gasteiger partial charge on any atom is -0.299 e. The Kier molecular flexibility index (Phi) is 4.21. The van der Waals surface area contributed by atoms with Crippen molar-refractivity contribution in [2.45, 2.75) is 92.4 Å². The fraction of sp³-hybridized carbons (Fsp3) is 0.778. The van der Waals surface area contributed by atoms with E-state index in [0.29, 0.717) is 29.3 Å². The topological polar surface area (TPSA) is 34.1 Å². The van der Waals surface area contributed by atoms with Crippen molar-refractivity contribution in [1.82, 2.24) is 0 Å². The fourth-order valence-corrected chi connectivity index (χ4v) is 9.37. The molecule has 5 aliphatic rings. The van der Waals surface area contributed by atoms with Crippen LogP contribution < -0.4 is 0 Å². The van der Waals surface area contributed by atoms with Crippen molar-refractivity contribution in [3.05, 3.63) is 22.8 Å². The Morgan fingerprint density at radius 1 is 1.03 bits per heavy atom. The molecule has 0 aromatic rings. The number of allylic oxidation sites excluding steroid dienone is 3. The van der Waals surface area contributed by atoms with E-state index in [4.69, 9.17) is 0 Å². The number of carbonyl (C=O) groups is 2. The van der Waals surface area contributed by atoms with Crippen molar-refractivity contribution in [2.24, 2.45) is 39.9 Å². The van der Waals surface area contributed by atoms with Gasteiger partial charge in [-0.25, -0.2) is 0 Å². The van der Waals surface area contributed by atoms with Gasteiger partial charge in [0.15, 0.2) is 5.78 Å². The predicted molar refractivity (Wildman–Crippen MR) is 116 cm³/mol. The van der Waals surface area contributed by atoms with Gasteiger partial charge in [-0.1, -0.05) is 30.6 Å². The van der Waals surface area contributed by atoms with Crippen molar-refractivity contribution >= 4 is 11.6 Å². The molecule has 0 aromatic heterocycles. The van der Waals surface area contributed by atoms with Gasteiger partial charge in [0.2, 0.25) is 0 Å². The molecule has 3 saturated carbocycles. The zero-order valence-electron chi connectivity index (χ0n) is 19.1. The van der Waals surface area contributed by atoms with Crippen LogP contribution in [0.3, 0.4) is 0 Å². The van der Waals surface area contributed by atoms with Gasteiger partial charge in [-0.2, -0.15) is 0 Å². The van der Waals surface area contributed by atoms with E-state index in [1.165, 1.54) is 42.4 Å². The molecule has 2 nitrogen and oxygen atoms in total. The Morgan fingerprint density at radius 2 is 1.79 bits per heavy atom. The zero-order valence-corrected chi connectivity index (χ0v) is 19.1. The van der Waals surface area contributed by atoms with Crippen molar-refractivity contribution in [3.8, 4) is 0 Å². The summed E-state index contributed by atoms with van der Waals surface area (Å²) in [5, 5.41) is 0. The molecule has 2 heteroatoms. The highest BCUT2D eigenvalue weighted by Gasteiger charge is 2.69. The van der Waals surface area contributed by atoms with E-state index in [2.05, 4.69) is 27.7 Å². The summed E-state index contributed by atoms with van der Waals surface area (Å²) in [6.07, 6.45) is 11.9. The lowest BCUT2D eigenvalue weighted by molar-refractivity contribution is -0.145. The highest BCUT2D eigenvalue weighted by atomic mass is 16.1. The van der Waals surface area contributed by atoms with Crippen molar-refractivity contribution in [2.75, 3.05) is 0 Å². The molecule has 0 aliphatic heterocycles. The molecular formula is C27H38O2. The average Bonchev–Trinajstić information content (AvgIpc) is 2.92. The summed E-state index contributed by atoms with van der Waals surface area (Å²) in [6.45, 7) is 11.4. The van der Waals surface area contributed by atoms with E-state index in [1.54, 1.807) is 0 Å². The molecule has 0 amide bonds. The maximum absolute atomic E-state index is 13.3. The second kappa shape index (κ2) is 6.17. The normalized spacial score (nSPS) is 49.0.